The maximum Gasteiger partial charge on any atom is 0.433 e. The maximum absolute atomic E-state index is 12.6. The second-order valence-corrected chi connectivity index (χ2v) is 7.95. The van der Waals surface area contributed by atoms with Crippen LogP contribution in [0.1, 0.15) is 29.5 Å². The number of carbonyl (C=O) groups excluding carboxylic acids is 1. The molecule has 0 spiro atoms. The number of piperidine rings is 1. The summed E-state index contributed by atoms with van der Waals surface area (Å²) in [7, 11) is 0. The van der Waals surface area contributed by atoms with E-state index in [2.05, 4.69) is 15.7 Å². The highest BCUT2D eigenvalue weighted by atomic mass is 32.1. The molecule has 2 aromatic heterocycles. The second kappa shape index (κ2) is 8.43. The summed E-state index contributed by atoms with van der Waals surface area (Å²) in [6.07, 6.45) is -1.89. The predicted octanol–water partition coefficient (Wildman–Crippen LogP) is 5.64. The lowest BCUT2D eigenvalue weighted by Crippen LogP contribution is -2.40. The number of halogens is 3. The van der Waals surface area contributed by atoms with Crippen molar-refractivity contribution in [3.05, 3.63) is 64.7 Å². The molecule has 1 aliphatic rings. The summed E-state index contributed by atoms with van der Waals surface area (Å²) in [6, 6.07) is 11.7. The van der Waals surface area contributed by atoms with Crippen LogP contribution in [0.3, 0.4) is 0 Å². The Kier molecular flexibility index (Phi) is 5.72. The largest absolute Gasteiger partial charge is 0.433 e. The number of pyridine rings is 1. The van der Waals surface area contributed by atoms with Crippen LogP contribution in [-0.4, -0.2) is 34.0 Å². The minimum atomic E-state index is -4.50. The van der Waals surface area contributed by atoms with Gasteiger partial charge in [0.25, 0.3) is 0 Å². The van der Waals surface area contributed by atoms with Gasteiger partial charge in [-0.15, -0.1) is 11.3 Å². The van der Waals surface area contributed by atoms with Crippen LogP contribution in [-0.2, 0) is 6.18 Å². The van der Waals surface area contributed by atoms with Gasteiger partial charge in [0.2, 0.25) is 0 Å². The average molecular weight is 432 g/mol. The summed E-state index contributed by atoms with van der Waals surface area (Å²) in [5.74, 6) is 0.296. The fraction of sp³-hybridized carbons (Fsp3) is 0.286. The van der Waals surface area contributed by atoms with Gasteiger partial charge in [0.15, 0.2) is 0 Å². The number of likely N-dealkylation sites (tertiary alicyclic amines) is 1. The van der Waals surface area contributed by atoms with Crippen LogP contribution < -0.4 is 5.32 Å². The Morgan fingerprint density at radius 3 is 2.47 bits per heavy atom. The van der Waals surface area contributed by atoms with Crippen molar-refractivity contribution in [2.24, 2.45) is 0 Å². The number of alkyl halides is 3. The van der Waals surface area contributed by atoms with E-state index in [9.17, 15) is 18.0 Å². The third kappa shape index (κ3) is 4.62. The molecule has 3 heterocycles. The number of nitrogens with zero attached hydrogens (tertiary/aromatic N) is 3. The first-order chi connectivity index (χ1) is 14.4. The van der Waals surface area contributed by atoms with Gasteiger partial charge in [-0.05, 0) is 25.0 Å². The van der Waals surface area contributed by atoms with E-state index in [0.29, 0.717) is 19.0 Å². The van der Waals surface area contributed by atoms with Crippen molar-refractivity contribution in [3.8, 4) is 11.3 Å². The summed E-state index contributed by atoms with van der Waals surface area (Å²) in [6.45, 7) is 1.12. The van der Waals surface area contributed by atoms with E-state index in [1.807, 2.05) is 30.3 Å². The molecule has 0 atom stereocenters. The van der Waals surface area contributed by atoms with Crippen molar-refractivity contribution in [1.82, 2.24) is 14.9 Å². The van der Waals surface area contributed by atoms with Gasteiger partial charge in [0.1, 0.15) is 5.69 Å². The summed E-state index contributed by atoms with van der Waals surface area (Å²) in [5.41, 5.74) is 1.30. The van der Waals surface area contributed by atoms with Crippen molar-refractivity contribution in [1.29, 1.82) is 0 Å². The quantitative estimate of drug-likeness (QED) is 0.583. The molecular formula is C21H19F3N4OS. The molecule has 5 nitrogen and oxygen atoms in total. The Labute approximate surface area is 175 Å². The van der Waals surface area contributed by atoms with Crippen LogP contribution in [0.25, 0.3) is 11.3 Å². The standard InChI is InChI=1S/C21H19F3N4OS/c22-21(23,24)18-7-6-16(12-25-18)26-20(29)28-10-8-15(9-11-28)19-27-17(13-30-19)14-4-2-1-3-5-14/h1-7,12-13,15H,8-11H2,(H,26,29). The average Bonchev–Trinajstić information content (AvgIpc) is 3.24. The number of amides is 2. The Morgan fingerprint density at radius 2 is 1.83 bits per heavy atom. The number of carbonyl (C=O) groups is 1. The predicted molar refractivity (Wildman–Crippen MR) is 109 cm³/mol. The van der Waals surface area contributed by atoms with Gasteiger partial charge >= 0.3 is 12.2 Å². The number of anilines is 1. The molecule has 0 aliphatic carbocycles. The number of hydrogen-bond acceptors (Lipinski definition) is 4. The molecule has 0 unspecified atom stereocenters. The smallest absolute Gasteiger partial charge is 0.324 e. The fourth-order valence-electron chi connectivity index (χ4n) is 3.38. The zero-order valence-corrected chi connectivity index (χ0v) is 16.7. The number of urea groups is 1. The molecule has 1 N–H and O–H groups in total. The van der Waals surface area contributed by atoms with Crippen molar-refractivity contribution in [3.63, 3.8) is 0 Å². The maximum atomic E-state index is 12.6. The molecule has 0 saturated carbocycles. The molecular weight excluding hydrogens is 413 g/mol. The lowest BCUT2D eigenvalue weighted by Gasteiger charge is -2.31. The highest BCUT2D eigenvalue weighted by molar-refractivity contribution is 7.10. The monoisotopic (exact) mass is 432 g/mol. The Morgan fingerprint density at radius 1 is 1.10 bits per heavy atom. The highest BCUT2D eigenvalue weighted by Crippen LogP contribution is 2.33. The van der Waals surface area contributed by atoms with E-state index in [-0.39, 0.29) is 11.7 Å². The highest BCUT2D eigenvalue weighted by Gasteiger charge is 2.32. The van der Waals surface area contributed by atoms with Crippen molar-refractivity contribution >= 4 is 23.1 Å². The minimum Gasteiger partial charge on any atom is -0.324 e. The van der Waals surface area contributed by atoms with Crippen LogP contribution >= 0.6 is 11.3 Å². The van der Waals surface area contributed by atoms with Gasteiger partial charge in [-0.25, -0.2) is 14.8 Å². The molecule has 9 heteroatoms. The number of benzene rings is 1. The van der Waals surface area contributed by atoms with Gasteiger partial charge in [-0.2, -0.15) is 13.2 Å². The fourth-order valence-corrected chi connectivity index (χ4v) is 4.38. The molecule has 30 heavy (non-hydrogen) atoms. The molecule has 1 fully saturated rings. The van der Waals surface area contributed by atoms with E-state index >= 15 is 0 Å². The first-order valence-corrected chi connectivity index (χ1v) is 10.4. The third-order valence-corrected chi connectivity index (χ3v) is 6.04. The van der Waals surface area contributed by atoms with Crippen LogP contribution in [0.15, 0.2) is 54.0 Å². The lowest BCUT2D eigenvalue weighted by molar-refractivity contribution is -0.141. The van der Waals surface area contributed by atoms with Gasteiger partial charge < -0.3 is 10.2 Å². The van der Waals surface area contributed by atoms with Gasteiger partial charge in [0.05, 0.1) is 22.6 Å². The van der Waals surface area contributed by atoms with Crippen molar-refractivity contribution in [2.45, 2.75) is 24.9 Å². The number of hydrogen-bond donors (Lipinski definition) is 1. The zero-order valence-electron chi connectivity index (χ0n) is 15.9. The van der Waals surface area contributed by atoms with Crippen LogP contribution in [0.4, 0.5) is 23.7 Å². The van der Waals surface area contributed by atoms with Gasteiger partial charge in [-0.3, -0.25) is 0 Å². The van der Waals surface area contributed by atoms with E-state index in [4.69, 9.17) is 4.98 Å². The SMILES string of the molecule is O=C(Nc1ccc(C(F)(F)F)nc1)N1CCC(c2nc(-c3ccccc3)cs2)CC1. The Hall–Kier alpha value is -2.94. The molecule has 4 rings (SSSR count). The number of thiazole rings is 1. The first-order valence-electron chi connectivity index (χ1n) is 9.50. The van der Waals surface area contributed by atoms with E-state index < -0.39 is 11.9 Å². The topological polar surface area (TPSA) is 58.1 Å². The molecule has 1 aromatic carbocycles. The number of nitrogens with one attached hydrogen (secondary N) is 1. The summed E-state index contributed by atoms with van der Waals surface area (Å²) >= 11 is 1.64. The molecule has 156 valence electrons. The molecule has 1 aliphatic heterocycles. The number of rotatable bonds is 3. The Balaban J connectivity index is 1.32. The van der Waals surface area contributed by atoms with E-state index in [0.717, 1.165) is 41.4 Å². The summed E-state index contributed by atoms with van der Waals surface area (Å²) in [4.78, 5) is 22.2. The van der Waals surface area contributed by atoms with Crippen molar-refractivity contribution < 1.29 is 18.0 Å². The van der Waals surface area contributed by atoms with Crippen LogP contribution in [0.5, 0.6) is 0 Å². The molecule has 0 bridgehead atoms. The molecule has 3 aromatic rings. The lowest BCUT2D eigenvalue weighted by atomic mass is 9.98. The Bertz CT molecular complexity index is 997. The minimum absolute atomic E-state index is 0.238. The van der Waals surface area contributed by atoms with Crippen LogP contribution in [0, 0.1) is 0 Å². The van der Waals surface area contributed by atoms with Gasteiger partial charge in [0, 0.05) is 30.0 Å². The van der Waals surface area contributed by atoms with E-state index in [1.54, 1.807) is 16.2 Å². The van der Waals surface area contributed by atoms with Crippen molar-refractivity contribution in [2.75, 3.05) is 18.4 Å². The third-order valence-electron chi connectivity index (χ3n) is 5.03. The molecule has 2 amide bonds. The zero-order chi connectivity index (χ0) is 21.1. The normalized spacial score (nSPS) is 15.2. The second-order valence-electron chi connectivity index (χ2n) is 7.06. The van der Waals surface area contributed by atoms with Gasteiger partial charge in [-0.1, -0.05) is 30.3 Å². The number of aromatic nitrogens is 2. The summed E-state index contributed by atoms with van der Waals surface area (Å²) < 4.78 is 37.8. The van der Waals surface area contributed by atoms with E-state index in [1.165, 1.54) is 6.07 Å². The molecule has 0 radical (unpaired) electrons. The van der Waals surface area contributed by atoms with Crippen LogP contribution in [0.2, 0.25) is 0 Å². The first kappa shape index (κ1) is 20.3. The molecule has 1 saturated heterocycles. The summed E-state index contributed by atoms with van der Waals surface area (Å²) in [5, 5.41) is 5.74.